The third kappa shape index (κ3) is 526. The molecule has 112 valence electrons. The molecule has 0 bridgehead atoms. The van der Waals surface area contributed by atoms with Crippen LogP contribution >= 0.6 is 0 Å². The minimum Gasteiger partial charge on any atom is 3.00 e. The predicted molar refractivity (Wildman–Crippen MR) is 45.7 cm³/mol. The van der Waals surface area contributed by atoms with E-state index >= 15 is 0 Å². The fraction of sp³-hybridized carbons (Fsp3) is 0. The van der Waals surface area contributed by atoms with E-state index in [9.17, 15) is 0 Å². The van der Waals surface area contributed by atoms with Crippen LogP contribution < -0.4 is 0 Å². The maximum Gasteiger partial charge on any atom is 3.00 e. The summed E-state index contributed by atoms with van der Waals surface area (Å²) in [6.45, 7) is 0. The second-order valence-corrected chi connectivity index (χ2v) is 3.67. The fourth-order valence-corrected chi connectivity index (χ4v) is 0. The molecule has 0 aliphatic rings. The molecule has 0 aliphatic carbocycles. The quantitative estimate of drug-likeness (QED) is 0.150. The zero-order valence-corrected chi connectivity index (χ0v) is 12.5. The van der Waals surface area contributed by atoms with E-state index in [2.05, 4.69) is 0 Å². The Morgan fingerprint density at radius 1 is 0.421 bits per heavy atom. The van der Waals surface area contributed by atoms with Crippen molar-refractivity contribution in [3.8, 4) is 0 Å². The van der Waals surface area contributed by atoms with Crippen LogP contribution in [0.25, 0.3) is 0 Å². The molecule has 0 aliphatic heterocycles. The molecule has 19 heavy (non-hydrogen) atoms. The molecule has 0 N–H and O–H groups in total. The summed E-state index contributed by atoms with van der Waals surface area (Å²) in [4.78, 5) is 0. The molecule has 0 amide bonds. The SMILES string of the molecule is O=S(=O)([O-])[O-].O=S(=O)([O-])[O-].O=S(=O)([O-])[O-].[KH].[KH].[Rh+3].[Rh+3]. The van der Waals surface area contributed by atoms with Gasteiger partial charge in [-0.2, -0.15) is 0 Å². The van der Waals surface area contributed by atoms with E-state index in [0.717, 1.165) is 0 Å². The summed E-state index contributed by atoms with van der Waals surface area (Å²) in [7, 11) is -15.5. The summed E-state index contributed by atoms with van der Waals surface area (Å²) < 4.78 is 102. The van der Waals surface area contributed by atoms with Crippen molar-refractivity contribution >= 4 is 134 Å². The summed E-state index contributed by atoms with van der Waals surface area (Å²) in [6.07, 6.45) is 0. The van der Waals surface area contributed by atoms with Crippen LogP contribution in [0.15, 0.2) is 0 Å². The van der Waals surface area contributed by atoms with Gasteiger partial charge in [0.2, 0.25) is 0 Å². The molecule has 0 rings (SSSR count). The van der Waals surface area contributed by atoms with Gasteiger partial charge in [-0.05, 0) is 0 Å². The van der Waals surface area contributed by atoms with Gasteiger partial charge in [-0.3, -0.25) is 25.3 Å². The first-order chi connectivity index (χ1) is 6.00. The first-order valence-electron chi connectivity index (χ1n) is 2.00. The maximum absolute atomic E-state index is 8.52. The Balaban J connectivity index is -0.0000000206. The Morgan fingerprint density at radius 2 is 0.421 bits per heavy atom. The van der Waals surface area contributed by atoms with Crippen LogP contribution in [-0.2, 0) is 70.2 Å². The zero-order valence-electron chi connectivity index (χ0n) is 6.79. The minimum atomic E-state index is -5.17. The van der Waals surface area contributed by atoms with Crippen molar-refractivity contribution in [3.05, 3.63) is 0 Å². The van der Waals surface area contributed by atoms with Gasteiger partial charge in [0.25, 0.3) is 0 Å². The van der Waals surface area contributed by atoms with Crippen molar-refractivity contribution in [2.24, 2.45) is 0 Å². The second kappa shape index (κ2) is 20.2. The molecular weight excluding hydrogens is 572 g/mol. The predicted octanol–water partition coefficient (Wildman–Crippen LogP) is -5.32. The van der Waals surface area contributed by atoms with Crippen LogP contribution in [0.4, 0.5) is 0 Å². The average molecular weight is 574 g/mol. The molecule has 0 radical (unpaired) electrons. The van der Waals surface area contributed by atoms with Gasteiger partial charge in [0, 0.05) is 31.2 Å². The summed E-state index contributed by atoms with van der Waals surface area (Å²) >= 11 is 0. The molecule has 0 saturated heterocycles. The van der Waals surface area contributed by atoms with Gasteiger partial charge < -0.3 is 27.3 Å². The van der Waals surface area contributed by atoms with E-state index in [0.29, 0.717) is 0 Å². The Hall–Kier alpha value is 4.13. The normalized spacial score (nSPS) is 9.16. The van der Waals surface area contributed by atoms with Gasteiger partial charge >= 0.3 is 142 Å². The monoisotopic (exact) mass is 574 g/mol. The molecule has 0 atom stereocenters. The molecule has 0 fully saturated rings. The maximum atomic E-state index is 8.52. The van der Waals surface area contributed by atoms with Crippen LogP contribution in [0, 0.1) is 0 Å². The van der Waals surface area contributed by atoms with E-state index in [4.69, 9.17) is 52.6 Å². The molecule has 0 aromatic rings. The molecule has 0 unspecified atom stereocenters. The molecule has 0 heterocycles. The Morgan fingerprint density at radius 3 is 0.421 bits per heavy atom. The number of hydrogen-bond donors (Lipinski definition) is 0. The number of rotatable bonds is 0. The van der Waals surface area contributed by atoms with E-state index in [1.165, 1.54) is 0 Å². The zero-order chi connectivity index (χ0) is 13.5. The Bertz CT molecular complexity index is 350. The summed E-state index contributed by atoms with van der Waals surface area (Å²) in [5, 5.41) is 0. The van der Waals surface area contributed by atoms with Crippen molar-refractivity contribution in [2.45, 2.75) is 0 Å². The molecule has 0 aromatic carbocycles. The summed E-state index contributed by atoms with van der Waals surface area (Å²) in [5.41, 5.74) is 0. The van der Waals surface area contributed by atoms with Gasteiger partial charge in [-0.1, -0.05) is 0 Å². The van der Waals surface area contributed by atoms with Crippen LogP contribution in [0.5, 0.6) is 0 Å². The van der Waals surface area contributed by atoms with Crippen LogP contribution in [0.2, 0.25) is 0 Å². The van der Waals surface area contributed by atoms with Crippen molar-refractivity contribution in [1.29, 1.82) is 0 Å². The van der Waals surface area contributed by atoms with Crippen molar-refractivity contribution in [1.82, 2.24) is 0 Å². The van der Waals surface area contributed by atoms with Crippen molar-refractivity contribution in [3.63, 3.8) is 0 Å². The van der Waals surface area contributed by atoms with Gasteiger partial charge in [0.05, 0.1) is 0 Å². The van der Waals surface area contributed by atoms with Gasteiger partial charge in [0.1, 0.15) is 0 Å². The molecular formula is H2K2O12Rh2S3. The minimum absolute atomic E-state index is 0. The van der Waals surface area contributed by atoms with E-state index in [1.54, 1.807) is 0 Å². The van der Waals surface area contributed by atoms with Crippen molar-refractivity contribution in [2.75, 3.05) is 0 Å². The topological polar surface area (TPSA) is 241 Å². The molecule has 0 aromatic heterocycles. The molecule has 0 saturated carbocycles. The van der Waals surface area contributed by atoms with Gasteiger partial charge in [-0.15, -0.1) is 0 Å². The first-order valence-corrected chi connectivity index (χ1v) is 6.00. The van der Waals surface area contributed by atoms with Gasteiger partial charge in [-0.25, -0.2) is 0 Å². The van der Waals surface area contributed by atoms with Gasteiger partial charge in [0.15, 0.2) is 0 Å². The molecule has 12 nitrogen and oxygen atoms in total. The largest absolute Gasteiger partial charge is 3.00 e. The summed E-state index contributed by atoms with van der Waals surface area (Å²) in [6, 6.07) is 0. The Labute approximate surface area is 220 Å². The van der Waals surface area contributed by atoms with E-state index in [1.807, 2.05) is 0 Å². The van der Waals surface area contributed by atoms with Crippen LogP contribution in [0.3, 0.4) is 0 Å². The molecule has 0 spiro atoms. The first kappa shape index (κ1) is 43.5. The number of hydrogen-bond acceptors (Lipinski definition) is 12. The van der Waals surface area contributed by atoms with E-state index < -0.39 is 31.2 Å². The third-order valence-electron chi connectivity index (χ3n) is 0. The molecule has 19 heteroatoms. The fourth-order valence-electron chi connectivity index (χ4n) is 0. The smallest absolute Gasteiger partial charge is 3.00 e. The standard InChI is InChI=1S/2K.3H2O4S.2Rh.2H/c;;3*1-5(2,3)4;;;;/h;;3*(H2,1,2,3,4);;;;/q;;;;;2*+3;;/p-6. The van der Waals surface area contributed by atoms with E-state index in [-0.39, 0.29) is 142 Å². The van der Waals surface area contributed by atoms with Crippen LogP contribution in [-0.4, -0.2) is 155 Å². The van der Waals surface area contributed by atoms with Crippen LogP contribution in [0.1, 0.15) is 0 Å². The third-order valence-corrected chi connectivity index (χ3v) is 0. The summed E-state index contributed by atoms with van der Waals surface area (Å²) in [5.74, 6) is 0. The van der Waals surface area contributed by atoms with Crippen molar-refractivity contribution < 1.29 is 91.5 Å². The second-order valence-electron chi connectivity index (χ2n) is 1.22. The average Bonchev–Trinajstić information content (AvgIpc) is 1.41. The Kier molecular flexibility index (Phi) is 46.2.